The molecule has 1 heterocycles. The van der Waals surface area contributed by atoms with E-state index in [-0.39, 0.29) is 5.91 Å². The number of amides is 1. The van der Waals surface area contributed by atoms with Gasteiger partial charge in [0.15, 0.2) is 0 Å². The number of carbonyl (C=O) groups is 1. The number of hydrogen-bond acceptors (Lipinski definition) is 3. The third kappa shape index (κ3) is 2.85. The van der Waals surface area contributed by atoms with Crippen LogP contribution in [0.1, 0.15) is 15.2 Å². The summed E-state index contributed by atoms with van der Waals surface area (Å²) >= 11 is 10.4. The molecule has 1 aromatic heterocycles. The number of benzene rings is 1. The molecule has 94 valence electrons. The van der Waals surface area contributed by atoms with E-state index in [0.717, 1.165) is 10.0 Å². The molecule has 0 atom stereocenters. The lowest BCUT2D eigenvalue weighted by Crippen LogP contribution is -2.11. The molecule has 0 fully saturated rings. The van der Waals surface area contributed by atoms with Crippen LogP contribution in [0.15, 0.2) is 28.7 Å². The fraction of sp³-hybridized carbons (Fsp3) is 0.0833. The lowest BCUT2D eigenvalue weighted by molar-refractivity contribution is 0.103. The zero-order valence-electron chi connectivity index (χ0n) is 9.46. The first-order valence-electron chi connectivity index (χ1n) is 5.09. The maximum atomic E-state index is 12.0. The van der Waals surface area contributed by atoms with E-state index in [1.807, 2.05) is 13.0 Å². The molecule has 3 N–H and O–H groups in total. The van der Waals surface area contributed by atoms with E-state index in [9.17, 15) is 4.79 Å². The normalized spacial score (nSPS) is 10.4. The maximum absolute atomic E-state index is 12.0. The number of anilines is 2. The zero-order chi connectivity index (χ0) is 13.3. The molecule has 0 bridgehead atoms. The third-order valence-corrected chi connectivity index (χ3v) is 4.29. The van der Waals surface area contributed by atoms with Crippen LogP contribution in [-0.4, -0.2) is 5.91 Å². The van der Waals surface area contributed by atoms with Crippen molar-refractivity contribution in [2.75, 3.05) is 11.1 Å². The standard InChI is InChI=1S/C12H10BrClN2OS/c1-6-4-7(13)9(5-8(6)15)16-12(17)10-2-3-11(14)18-10/h2-5H,15H2,1H3,(H,16,17). The van der Waals surface area contributed by atoms with Crippen LogP contribution < -0.4 is 11.1 Å². The molecule has 0 aliphatic heterocycles. The van der Waals surface area contributed by atoms with Gasteiger partial charge in [-0.1, -0.05) is 11.6 Å². The molecule has 2 aromatic rings. The second-order valence-electron chi connectivity index (χ2n) is 3.75. The van der Waals surface area contributed by atoms with Crippen LogP contribution in [0.3, 0.4) is 0 Å². The maximum Gasteiger partial charge on any atom is 0.265 e. The van der Waals surface area contributed by atoms with Crippen LogP contribution in [0.2, 0.25) is 4.34 Å². The van der Waals surface area contributed by atoms with Gasteiger partial charge in [0.05, 0.1) is 14.9 Å². The summed E-state index contributed by atoms with van der Waals surface area (Å²) in [5.41, 5.74) is 8.06. The Labute approximate surface area is 122 Å². The first-order chi connectivity index (χ1) is 8.47. The van der Waals surface area contributed by atoms with Crippen molar-refractivity contribution in [3.8, 4) is 0 Å². The fourth-order valence-corrected chi connectivity index (χ4v) is 2.90. The first kappa shape index (κ1) is 13.4. The number of carbonyl (C=O) groups excluding carboxylic acids is 1. The zero-order valence-corrected chi connectivity index (χ0v) is 12.6. The highest BCUT2D eigenvalue weighted by Gasteiger charge is 2.11. The van der Waals surface area contributed by atoms with Gasteiger partial charge in [-0.15, -0.1) is 11.3 Å². The molecule has 0 aliphatic rings. The number of nitrogens with one attached hydrogen (secondary N) is 1. The number of thiophene rings is 1. The Morgan fingerprint density at radius 3 is 2.78 bits per heavy atom. The SMILES string of the molecule is Cc1cc(Br)c(NC(=O)c2ccc(Cl)s2)cc1N. The third-order valence-electron chi connectivity index (χ3n) is 2.40. The topological polar surface area (TPSA) is 55.1 Å². The number of nitrogens with two attached hydrogens (primary N) is 1. The molecule has 3 nitrogen and oxygen atoms in total. The van der Waals surface area contributed by atoms with E-state index < -0.39 is 0 Å². The predicted molar refractivity (Wildman–Crippen MR) is 80.6 cm³/mol. The summed E-state index contributed by atoms with van der Waals surface area (Å²) in [6, 6.07) is 6.98. The molecule has 1 aromatic carbocycles. The Kier molecular flexibility index (Phi) is 3.94. The van der Waals surface area contributed by atoms with Crippen molar-refractivity contribution in [3.63, 3.8) is 0 Å². The predicted octanol–water partition coefficient (Wildman–Crippen LogP) is 4.31. The van der Waals surface area contributed by atoms with Crippen molar-refractivity contribution in [2.24, 2.45) is 0 Å². The van der Waals surface area contributed by atoms with Crippen LogP contribution in [0.5, 0.6) is 0 Å². The minimum atomic E-state index is -0.198. The summed E-state index contributed by atoms with van der Waals surface area (Å²) in [6.07, 6.45) is 0. The van der Waals surface area contributed by atoms with Gasteiger partial charge in [-0.2, -0.15) is 0 Å². The van der Waals surface area contributed by atoms with Crippen molar-refractivity contribution in [1.29, 1.82) is 0 Å². The van der Waals surface area contributed by atoms with E-state index in [2.05, 4.69) is 21.2 Å². The molecule has 0 spiro atoms. The van der Waals surface area contributed by atoms with E-state index in [1.54, 1.807) is 18.2 Å². The number of halogens is 2. The van der Waals surface area contributed by atoms with Gasteiger partial charge in [0.1, 0.15) is 0 Å². The molecule has 18 heavy (non-hydrogen) atoms. The molecule has 2 rings (SSSR count). The summed E-state index contributed by atoms with van der Waals surface area (Å²) in [5, 5.41) is 2.79. The number of nitrogen functional groups attached to an aromatic ring is 1. The van der Waals surface area contributed by atoms with Crippen LogP contribution in [0.4, 0.5) is 11.4 Å². The average molecular weight is 346 g/mol. The van der Waals surface area contributed by atoms with E-state index in [4.69, 9.17) is 17.3 Å². The van der Waals surface area contributed by atoms with E-state index in [0.29, 0.717) is 20.6 Å². The van der Waals surface area contributed by atoms with Gasteiger partial charge >= 0.3 is 0 Å². The Bertz CT molecular complexity index is 612. The lowest BCUT2D eigenvalue weighted by Gasteiger charge is -2.09. The summed E-state index contributed by atoms with van der Waals surface area (Å²) in [5.74, 6) is -0.198. The van der Waals surface area contributed by atoms with Gasteiger partial charge in [0.2, 0.25) is 0 Å². The van der Waals surface area contributed by atoms with Crippen molar-refractivity contribution in [1.82, 2.24) is 0 Å². The second-order valence-corrected chi connectivity index (χ2v) is 6.32. The molecule has 6 heteroatoms. The first-order valence-corrected chi connectivity index (χ1v) is 7.08. The summed E-state index contributed by atoms with van der Waals surface area (Å²) in [4.78, 5) is 12.5. The molecule has 0 unspecified atom stereocenters. The van der Waals surface area contributed by atoms with Crippen LogP contribution in [-0.2, 0) is 0 Å². The Balaban J connectivity index is 2.24. The highest BCUT2D eigenvalue weighted by molar-refractivity contribution is 9.10. The molecule has 0 aliphatic carbocycles. The van der Waals surface area contributed by atoms with Crippen LogP contribution >= 0.6 is 38.9 Å². The van der Waals surface area contributed by atoms with Crippen molar-refractivity contribution in [3.05, 3.63) is 43.5 Å². The molecule has 0 saturated heterocycles. The van der Waals surface area contributed by atoms with Crippen LogP contribution in [0, 0.1) is 6.92 Å². The average Bonchev–Trinajstić information content (AvgIpc) is 2.73. The van der Waals surface area contributed by atoms with Gasteiger partial charge in [-0.05, 0) is 52.7 Å². The number of hydrogen-bond donors (Lipinski definition) is 2. The summed E-state index contributed by atoms with van der Waals surface area (Å²) in [7, 11) is 0. The van der Waals surface area contributed by atoms with Crippen LogP contribution in [0.25, 0.3) is 0 Å². The van der Waals surface area contributed by atoms with Gasteiger partial charge in [-0.25, -0.2) is 0 Å². The Morgan fingerprint density at radius 1 is 1.44 bits per heavy atom. The molecule has 0 saturated carbocycles. The van der Waals surface area contributed by atoms with Gasteiger partial charge in [0, 0.05) is 10.2 Å². The van der Waals surface area contributed by atoms with E-state index >= 15 is 0 Å². The summed E-state index contributed by atoms with van der Waals surface area (Å²) in [6.45, 7) is 1.91. The smallest absolute Gasteiger partial charge is 0.265 e. The largest absolute Gasteiger partial charge is 0.398 e. The number of aryl methyl sites for hydroxylation is 1. The fourth-order valence-electron chi connectivity index (χ4n) is 1.41. The second kappa shape index (κ2) is 5.30. The monoisotopic (exact) mass is 344 g/mol. The molecule has 1 amide bonds. The van der Waals surface area contributed by atoms with Gasteiger partial charge in [-0.3, -0.25) is 4.79 Å². The number of rotatable bonds is 2. The minimum absolute atomic E-state index is 0.198. The highest BCUT2D eigenvalue weighted by Crippen LogP contribution is 2.29. The highest BCUT2D eigenvalue weighted by atomic mass is 79.9. The molecular weight excluding hydrogens is 336 g/mol. The Hall–Kier alpha value is -1.04. The Morgan fingerprint density at radius 2 is 2.17 bits per heavy atom. The van der Waals surface area contributed by atoms with Gasteiger partial charge in [0.25, 0.3) is 5.91 Å². The molecular formula is C12H10BrClN2OS. The quantitative estimate of drug-likeness (QED) is 0.797. The molecule has 0 radical (unpaired) electrons. The van der Waals surface area contributed by atoms with Crippen molar-refractivity contribution >= 4 is 56.1 Å². The summed E-state index contributed by atoms with van der Waals surface area (Å²) < 4.78 is 1.38. The lowest BCUT2D eigenvalue weighted by atomic mass is 10.2. The minimum Gasteiger partial charge on any atom is -0.398 e. The van der Waals surface area contributed by atoms with Crippen molar-refractivity contribution < 1.29 is 4.79 Å². The van der Waals surface area contributed by atoms with E-state index in [1.165, 1.54) is 11.3 Å². The van der Waals surface area contributed by atoms with Crippen molar-refractivity contribution in [2.45, 2.75) is 6.92 Å². The van der Waals surface area contributed by atoms with Gasteiger partial charge < -0.3 is 11.1 Å².